The fraction of sp³-hybridized carbons (Fsp3) is 0.571. The highest BCUT2D eigenvalue weighted by atomic mass is 32.2. The van der Waals surface area contributed by atoms with E-state index in [1.807, 2.05) is 49.3 Å². The summed E-state index contributed by atoms with van der Waals surface area (Å²) in [4.78, 5) is 65.3. The lowest BCUT2D eigenvalue weighted by Crippen LogP contribution is -2.64. The zero-order chi connectivity index (χ0) is 42.2. The number of anilines is 2. The fourth-order valence-electron chi connectivity index (χ4n) is 8.40. The molecule has 7 rings (SSSR count). The molecule has 0 bridgehead atoms. The van der Waals surface area contributed by atoms with Gasteiger partial charge in [0.2, 0.25) is 11.8 Å². The van der Waals surface area contributed by atoms with E-state index in [1.54, 1.807) is 29.6 Å². The van der Waals surface area contributed by atoms with Crippen LogP contribution in [0.5, 0.6) is 0 Å². The van der Waals surface area contributed by atoms with Crippen LogP contribution in [0.3, 0.4) is 0 Å². The third kappa shape index (κ3) is 8.65. The number of thiazole rings is 2. The molecule has 3 aliphatic rings. The first-order chi connectivity index (χ1) is 28.1. The minimum Gasteiger partial charge on any atom is -0.453 e. The lowest BCUT2D eigenvalue weighted by Gasteiger charge is -2.53. The number of carbonyl (C=O) groups is 4. The smallest absolute Gasteiger partial charge is 0.407 e. The number of thioether (sulfide) groups is 1. The first-order valence-corrected chi connectivity index (χ1v) is 23.0. The quantitative estimate of drug-likeness (QED) is 0.105. The van der Waals surface area contributed by atoms with Crippen molar-refractivity contribution in [3.8, 4) is 11.1 Å². The van der Waals surface area contributed by atoms with Crippen molar-refractivity contribution in [2.24, 2.45) is 17.8 Å². The minimum atomic E-state index is -1.10. The van der Waals surface area contributed by atoms with Crippen LogP contribution in [0.15, 0.2) is 36.4 Å². The van der Waals surface area contributed by atoms with Crippen molar-refractivity contribution < 1.29 is 28.7 Å². The van der Waals surface area contributed by atoms with Crippen molar-refractivity contribution >= 4 is 89.1 Å². The van der Waals surface area contributed by atoms with Crippen molar-refractivity contribution in [2.45, 2.75) is 95.0 Å². The number of amides is 4. The molecule has 4 amide bonds. The normalized spacial score (nSPS) is 23.1. The summed E-state index contributed by atoms with van der Waals surface area (Å²) in [6.07, 6.45) is 2.53. The number of aromatic nitrogens is 2. The highest BCUT2D eigenvalue weighted by Gasteiger charge is 2.50. The van der Waals surface area contributed by atoms with Gasteiger partial charge in [0.25, 0.3) is 0 Å². The zero-order valence-corrected chi connectivity index (χ0v) is 37.5. The number of ether oxygens (including phenoxy) is 2. The van der Waals surface area contributed by atoms with Crippen LogP contribution in [0.1, 0.15) is 67.2 Å². The second-order valence-corrected chi connectivity index (χ2v) is 20.4. The number of benzene rings is 2. The molecule has 6 unspecified atom stereocenters. The Morgan fingerprint density at radius 2 is 1.53 bits per heavy atom. The molecule has 2 aromatic heterocycles. The second kappa shape index (κ2) is 17.3. The van der Waals surface area contributed by atoms with Gasteiger partial charge in [-0.2, -0.15) is 0 Å². The molecule has 5 heterocycles. The third-order valence-electron chi connectivity index (χ3n) is 12.4. The number of likely N-dealkylation sites (tertiary alicyclic amines) is 2. The molecule has 0 spiro atoms. The maximum absolute atomic E-state index is 14.0. The molecule has 0 saturated carbocycles. The summed E-state index contributed by atoms with van der Waals surface area (Å²) in [6, 6.07) is 12.1. The Morgan fingerprint density at radius 3 is 2.12 bits per heavy atom. The van der Waals surface area contributed by atoms with Gasteiger partial charge in [0.05, 0.1) is 45.6 Å². The number of nitrogens with one attached hydrogen (secondary N) is 4. The maximum atomic E-state index is 14.0. The molecule has 4 N–H and O–H groups in total. The third-order valence-corrected chi connectivity index (χ3v) is 16.1. The van der Waals surface area contributed by atoms with E-state index < -0.39 is 29.3 Å². The van der Waals surface area contributed by atoms with Crippen LogP contribution in [-0.4, -0.2) is 112 Å². The number of alkyl carbamates (subject to hydrolysis) is 2. The van der Waals surface area contributed by atoms with E-state index in [9.17, 15) is 19.2 Å². The molecule has 3 aliphatic heterocycles. The predicted molar refractivity (Wildman–Crippen MR) is 237 cm³/mol. The number of methoxy groups -OCH3 is 2. The van der Waals surface area contributed by atoms with Gasteiger partial charge in [-0.3, -0.25) is 9.59 Å². The van der Waals surface area contributed by atoms with E-state index in [0.717, 1.165) is 74.1 Å². The Hall–Kier alpha value is -4.35. The van der Waals surface area contributed by atoms with Gasteiger partial charge < -0.3 is 40.5 Å². The molecular formula is C42H56N8O6S3. The molecule has 0 aliphatic carbocycles. The van der Waals surface area contributed by atoms with Crippen LogP contribution < -0.4 is 21.3 Å². The van der Waals surface area contributed by atoms with Gasteiger partial charge in [-0.15, -0.1) is 11.8 Å². The predicted octanol–water partition coefficient (Wildman–Crippen LogP) is 7.61. The van der Waals surface area contributed by atoms with Crippen LogP contribution in [0, 0.1) is 17.8 Å². The van der Waals surface area contributed by atoms with Gasteiger partial charge in [-0.05, 0) is 86.8 Å². The Labute approximate surface area is 357 Å². The van der Waals surface area contributed by atoms with E-state index >= 15 is 0 Å². The van der Waals surface area contributed by atoms with Crippen molar-refractivity contribution in [1.29, 1.82) is 0 Å². The maximum Gasteiger partial charge on any atom is 0.407 e. The lowest BCUT2D eigenvalue weighted by molar-refractivity contribution is -0.143. The molecule has 318 valence electrons. The number of fused-ring (bicyclic) bond motifs is 3. The fourth-order valence-corrected chi connectivity index (χ4v) is 11.8. The lowest BCUT2D eigenvalue weighted by atomic mass is 9.85. The molecule has 2 aromatic carbocycles. The SMILES string of the molecule is COC(=O)NC(C(=O)N1CCCC2C(CNc3nc4ccc(-c5ccc6nc(NCC7(C)CCCN7C(=O)C(C)(NC(=O)OC)C(C)C)sc6c5)cc4s3)SC21)C(C)C. The number of nitrogens with zero attached hydrogens (tertiary/aromatic N) is 4. The Kier molecular flexibility index (Phi) is 12.6. The van der Waals surface area contributed by atoms with Crippen molar-refractivity contribution in [2.75, 3.05) is 51.0 Å². The van der Waals surface area contributed by atoms with Crippen molar-refractivity contribution in [1.82, 2.24) is 30.4 Å². The highest BCUT2D eigenvalue weighted by Crippen LogP contribution is 2.49. The molecule has 0 radical (unpaired) electrons. The van der Waals surface area contributed by atoms with E-state index in [-0.39, 0.29) is 29.0 Å². The molecule has 59 heavy (non-hydrogen) atoms. The summed E-state index contributed by atoms with van der Waals surface area (Å²) in [5.41, 5.74) is 2.50. The van der Waals surface area contributed by atoms with Crippen molar-refractivity contribution in [3.63, 3.8) is 0 Å². The monoisotopic (exact) mass is 864 g/mol. The van der Waals surface area contributed by atoms with Crippen LogP contribution in [0.2, 0.25) is 0 Å². The van der Waals surface area contributed by atoms with E-state index in [0.29, 0.717) is 30.8 Å². The summed E-state index contributed by atoms with van der Waals surface area (Å²) >= 11 is 5.06. The summed E-state index contributed by atoms with van der Waals surface area (Å²) in [7, 11) is 2.62. The largest absolute Gasteiger partial charge is 0.453 e. The van der Waals surface area contributed by atoms with E-state index in [1.165, 1.54) is 14.2 Å². The van der Waals surface area contributed by atoms with E-state index in [4.69, 9.17) is 19.4 Å². The first-order valence-electron chi connectivity index (χ1n) is 20.4. The van der Waals surface area contributed by atoms with Gasteiger partial charge >= 0.3 is 12.2 Å². The van der Waals surface area contributed by atoms with Gasteiger partial charge in [-0.1, -0.05) is 62.5 Å². The first kappa shape index (κ1) is 42.8. The Balaban J connectivity index is 0.969. The van der Waals surface area contributed by atoms with Gasteiger partial charge in [0.1, 0.15) is 11.6 Å². The highest BCUT2D eigenvalue weighted by molar-refractivity contribution is 8.02. The summed E-state index contributed by atoms with van der Waals surface area (Å²) in [6.45, 7) is 14.2. The van der Waals surface area contributed by atoms with Crippen LogP contribution >= 0.6 is 34.4 Å². The Bertz CT molecular complexity index is 2210. The molecule has 6 atom stereocenters. The number of piperidine rings is 1. The number of hydrogen-bond donors (Lipinski definition) is 4. The molecule has 4 aromatic rings. The number of rotatable bonds is 13. The van der Waals surface area contributed by atoms with E-state index in [2.05, 4.69) is 64.6 Å². The second-order valence-electron chi connectivity index (χ2n) is 16.9. The van der Waals surface area contributed by atoms with Crippen molar-refractivity contribution in [3.05, 3.63) is 36.4 Å². The number of carbonyl (C=O) groups excluding carboxylic acids is 4. The summed E-state index contributed by atoms with van der Waals surface area (Å²) < 4.78 is 11.8. The average Bonchev–Trinajstić information content (AvgIpc) is 3.93. The molecule has 3 saturated heterocycles. The molecule has 17 heteroatoms. The average molecular weight is 865 g/mol. The Morgan fingerprint density at radius 1 is 0.898 bits per heavy atom. The molecule has 14 nitrogen and oxygen atoms in total. The van der Waals surface area contributed by atoms with Crippen LogP contribution in [0.4, 0.5) is 19.9 Å². The topological polar surface area (TPSA) is 167 Å². The molecular weight excluding hydrogens is 809 g/mol. The van der Waals surface area contributed by atoms with Crippen LogP contribution in [-0.2, 0) is 19.1 Å². The minimum absolute atomic E-state index is 0.0367. The van der Waals surface area contributed by atoms with Gasteiger partial charge in [0.15, 0.2) is 10.3 Å². The zero-order valence-electron chi connectivity index (χ0n) is 35.0. The van der Waals surface area contributed by atoms with Crippen LogP contribution in [0.25, 0.3) is 31.6 Å². The summed E-state index contributed by atoms with van der Waals surface area (Å²) in [5.74, 6) is 0.0525. The number of hydrogen-bond acceptors (Lipinski definition) is 13. The van der Waals surface area contributed by atoms with Gasteiger partial charge in [-0.25, -0.2) is 19.6 Å². The summed E-state index contributed by atoms with van der Waals surface area (Å²) in [5, 5.41) is 14.8. The van der Waals surface area contributed by atoms with Gasteiger partial charge in [0, 0.05) is 37.3 Å². The standard InChI is InChI=1S/C42H56N8O6S3/c1-23(2)33(47-39(53)55-7)34(51)49-17-9-11-27-32(57-35(27)49)21-43-37-45-28-14-12-25(19-30(28)58-37)26-13-15-29-31(20-26)59-38(46-29)44-22-41(5)16-10-18-50(41)36(52)42(6,24(3)4)48-40(54)56-8/h12-15,19-20,23-24,27,32-33,35H,9-11,16-18,21-22H2,1-8H3,(H,43,45)(H,44,46)(H,47,53)(H,48,54). The molecule has 3 fully saturated rings.